The molecule has 0 fully saturated rings. The van der Waals surface area contributed by atoms with Gasteiger partial charge in [0, 0.05) is 19.0 Å². The Morgan fingerprint density at radius 3 is 2.29 bits per heavy atom. The lowest BCUT2D eigenvalue weighted by atomic mass is 9.84. The molecule has 0 radical (unpaired) electrons. The summed E-state index contributed by atoms with van der Waals surface area (Å²) < 4.78 is 19.1. The third kappa shape index (κ3) is 6.18. The van der Waals surface area contributed by atoms with E-state index in [9.17, 15) is 14.0 Å². The first-order valence-electron chi connectivity index (χ1n) is 7.88. The number of hydrogen-bond acceptors (Lipinski definition) is 3. The second kappa shape index (κ2) is 7.64. The summed E-state index contributed by atoms with van der Waals surface area (Å²) in [6, 6.07) is 6.49. The maximum Gasteiger partial charge on any atom is 0.410 e. The molecule has 134 valence electrons. The van der Waals surface area contributed by atoms with Crippen LogP contribution in [-0.2, 0) is 14.9 Å². The molecule has 0 saturated carbocycles. The summed E-state index contributed by atoms with van der Waals surface area (Å²) in [5.41, 5.74) is -0.647. The third-order valence-electron chi connectivity index (χ3n) is 3.42. The van der Waals surface area contributed by atoms with Gasteiger partial charge in [0.2, 0.25) is 5.91 Å². The normalized spacial score (nSPS) is 11.8. The van der Waals surface area contributed by atoms with Crippen molar-refractivity contribution < 1.29 is 18.7 Å². The number of nitrogens with zero attached hydrogens (tertiary/aromatic N) is 1. The molecule has 1 aromatic carbocycles. The first-order valence-corrected chi connectivity index (χ1v) is 7.88. The Hall–Kier alpha value is -2.11. The first kappa shape index (κ1) is 19.9. The van der Waals surface area contributed by atoms with Gasteiger partial charge in [-0.15, -0.1) is 0 Å². The van der Waals surface area contributed by atoms with E-state index in [1.807, 2.05) is 13.8 Å². The summed E-state index contributed by atoms with van der Waals surface area (Å²) in [5, 5.41) is 2.74. The highest BCUT2D eigenvalue weighted by Crippen LogP contribution is 2.24. The number of benzene rings is 1. The van der Waals surface area contributed by atoms with Crippen molar-refractivity contribution >= 4 is 12.0 Å². The molecule has 0 bridgehead atoms. The molecule has 0 atom stereocenters. The molecule has 0 aliphatic heterocycles. The fourth-order valence-electron chi connectivity index (χ4n) is 2.10. The first-order chi connectivity index (χ1) is 10.9. The van der Waals surface area contributed by atoms with Crippen LogP contribution >= 0.6 is 0 Å². The fraction of sp³-hybridized carbons (Fsp3) is 0.556. The number of amides is 2. The molecule has 24 heavy (non-hydrogen) atoms. The largest absolute Gasteiger partial charge is 0.444 e. The van der Waals surface area contributed by atoms with Crippen molar-refractivity contribution in [3.05, 3.63) is 35.6 Å². The van der Waals surface area contributed by atoms with Gasteiger partial charge in [0.05, 0.1) is 0 Å². The molecule has 1 N–H and O–H groups in total. The lowest BCUT2D eigenvalue weighted by Gasteiger charge is -2.27. The Balaban J connectivity index is 2.57. The lowest BCUT2D eigenvalue weighted by Crippen LogP contribution is -2.44. The second-order valence-electron chi connectivity index (χ2n) is 7.48. The number of carbonyl (C=O) groups is 2. The lowest BCUT2D eigenvalue weighted by molar-refractivity contribution is -0.122. The average Bonchev–Trinajstić information content (AvgIpc) is 2.43. The number of nitrogens with one attached hydrogen (secondary N) is 1. The van der Waals surface area contributed by atoms with Crippen molar-refractivity contribution in [1.82, 2.24) is 10.2 Å². The highest BCUT2D eigenvalue weighted by molar-refractivity contribution is 5.82. The van der Waals surface area contributed by atoms with Gasteiger partial charge >= 0.3 is 6.09 Å². The summed E-state index contributed by atoms with van der Waals surface area (Å²) in [4.78, 5) is 25.1. The summed E-state index contributed by atoms with van der Waals surface area (Å²) in [6.45, 7) is 9.12. The Bertz CT molecular complexity index is 594. The van der Waals surface area contributed by atoms with E-state index in [0.717, 1.165) is 0 Å². The molecule has 0 aliphatic carbocycles. The highest BCUT2D eigenvalue weighted by Gasteiger charge is 2.26. The van der Waals surface area contributed by atoms with Crippen molar-refractivity contribution in [2.24, 2.45) is 0 Å². The Labute approximate surface area is 143 Å². The van der Waals surface area contributed by atoms with Crippen LogP contribution < -0.4 is 5.32 Å². The SMILES string of the molecule is CN(CC(=O)NCC(C)(C)c1ccccc1F)C(=O)OC(C)(C)C. The van der Waals surface area contributed by atoms with Crippen LogP contribution in [0.4, 0.5) is 9.18 Å². The summed E-state index contributed by atoms with van der Waals surface area (Å²) in [5.74, 6) is -0.629. The number of hydrogen-bond donors (Lipinski definition) is 1. The number of halogens is 1. The van der Waals surface area contributed by atoms with Gasteiger partial charge in [0.25, 0.3) is 0 Å². The molecule has 0 unspecified atom stereocenters. The van der Waals surface area contributed by atoms with Gasteiger partial charge in [0.1, 0.15) is 18.0 Å². The van der Waals surface area contributed by atoms with Crippen molar-refractivity contribution in [2.45, 2.75) is 45.6 Å². The summed E-state index contributed by atoms with van der Waals surface area (Å²) in [6.07, 6.45) is -0.564. The van der Waals surface area contributed by atoms with Gasteiger partial charge < -0.3 is 15.0 Å². The maximum absolute atomic E-state index is 13.9. The van der Waals surface area contributed by atoms with Gasteiger partial charge in [-0.2, -0.15) is 0 Å². The zero-order valence-corrected chi connectivity index (χ0v) is 15.3. The standard InChI is InChI=1S/C18H27FN2O3/c1-17(2,3)24-16(23)21(6)11-15(22)20-12-18(4,5)13-9-7-8-10-14(13)19/h7-10H,11-12H2,1-6H3,(H,20,22). The molecule has 2 amide bonds. The van der Waals surface area contributed by atoms with E-state index >= 15 is 0 Å². The van der Waals surface area contributed by atoms with E-state index in [4.69, 9.17) is 4.74 Å². The van der Waals surface area contributed by atoms with Gasteiger partial charge in [-0.3, -0.25) is 4.79 Å². The van der Waals surface area contributed by atoms with Crippen molar-refractivity contribution in [2.75, 3.05) is 20.1 Å². The van der Waals surface area contributed by atoms with Gasteiger partial charge in [-0.1, -0.05) is 32.0 Å². The van der Waals surface area contributed by atoms with Crippen LogP contribution in [0.1, 0.15) is 40.2 Å². The van der Waals surface area contributed by atoms with E-state index in [1.165, 1.54) is 18.0 Å². The van der Waals surface area contributed by atoms with Crippen LogP contribution in [-0.4, -0.2) is 42.6 Å². The van der Waals surface area contributed by atoms with Crippen LogP contribution in [0.5, 0.6) is 0 Å². The van der Waals surface area contributed by atoms with Crippen LogP contribution in [0.15, 0.2) is 24.3 Å². The van der Waals surface area contributed by atoms with Crippen LogP contribution in [0.25, 0.3) is 0 Å². The van der Waals surface area contributed by atoms with Gasteiger partial charge in [0.15, 0.2) is 0 Å². The molecular formula is C18H27FN2O3. The number of likely N-dealkylation sites (N-methyl/N-ethyl adjacent to an activating group) is 1. The molecule has 0 spiro atoms. The number of ether oxygens (including phenoxy) is 1. The summed E-state index contributed by atoms with van der Waals surface area (Å²) in [7, 11) is 1.50. The monoisotopic (exact) mass is 338 g/mol. The molecule has 1 aromatic rings. The zero-order valence-electron chi connectivity index (χ0n) is 15.3. The number of rotatable bonds is 5. The molecule has 0 heterocycles. The van der Waals surface area contributed by atoms with E-state index in [-0.39, 0.29) is 24.8 Å². The Morgan fingerprint density at radius 2 is 1.75 bits per heavy atom. The molecule has 1 rings (SSSR count). The quantitative estimate of drug-likeness (QED) is 0.897. The fourth-order valence-corrected chi connectivity index (χ4v) is 2.10. The summed E-state index contributed by atoms with van der Waals surface area (Å²) >= 11 is 0. The second-order valence-corrected chi connectivity index (χ2v) is 7.48. The molecule has 0 saturated heterocycles. The molecule has 6 heteroatoms. The molecule has 5 nitrogen and oxygen atoms in total. The smallest absolute Gasteiger partial charge is 0.410 e. The van der Waals surface area contributed by atoms with E-state index < -0.39 is 17.1 Å². The molecule has 0 aliphatic rings. The minimum absolute atomic E-state index is 0.123. The predicted octanol–water partition coefficient (Wildman–Crippen LogP) is 3.09. The van der Waals surface area contributed by atoms with Crippen LogP contribution in [0.3, 0.4) is 0 Å². The van der Waals surface area contributed by atoms with Crippen molar-refractivity contribution in [3.8, 4) is 0 Å². The third-order valence-corrected chi connectivity index (χ3v) is 3.42. The maximum atomic E-state index is 13.9. The Morgan fingerprint density at radius 1 is 1.17 bits per heavy atom. The Kier molecular flexibility index (Phi) is 6.35. The minimum atomic E-state index is -0.616. The van der Waals surface area contributed by atoms with E-state index in [0.29, 0.717) is 5.56 Å². The van der Waals surface area contributed by atoms with E-state index in [1.54, 1.807) is 39.0 Å². The average molecular weight is 338 g/mol. The van der Waals surface area contributed by atoms with Crippen LogP contribution in [0, 0.1) is 5.82 Å². The number of carbonyl (C=O) groups excluding carboxylic acids is 2. The highest BCUT2D eigenvalue weighted by atomic mass is 19.1. The van der Waals surface area contributed by atoms with Gasteiger partial charge in [-0.25, -0.2) is 9.18 Å². The molecule has 0 aromatic heterocycles. The zero-order chi connectivity index (χ0) is 18.5. The van der Waals surface area contributed by atoms with Crippen molar-refractivity contribution in [1.29, 1.82) is 0 Å². The van der Waals surface area contributed by atoms with Gasteiger partial charge in [-0.05, 0) is 32.4 Å². The molecular weight excluding hydrogens is 311 g/mol. The van der Waals surface area contributed by atoms with E-state index in [2.05, 4.69) is 5.32 Å². The predicted molar refractivity (Wildman–Crippen MR) is 91.3 cm³/mol. The van der Waals surface area contributed by atoms with Crippen LogP contribution in [0.2, 0.25) is 0 Å². The van der Waals surface area contributed by atoms with Crippen molar-refractivity contribution in [3.63, 3.8) is 0 Å². The topological polar surface area (TPSA) is 58.6 Å². The minimum Gasteiger partial charge on any atom is -0.444 e.